The first-order valence-corrected chi connectivity index (χ1v) is 3.29. The second kappa shape index (κ2) is 4.60. The van der Waals surface area contributed by atoms with Gasteiger partial charge in [-0.2, -0.15) is 0 Å². The van der Waals surface area contributed by atoms with Crippen LogP contribution in [0.15, 0.2) is 0 Å². The first kappa shape index (κ1) is 11.5. The van der Waals surface area contributed by atoms with Crippen LogP contribution < -0.4 is 0 Å². The summed E-state index contributed by atoms with van der Waals surface area (Å²) >= 11 is 0. The van der Waals surface area contributed by atoms with E-state index in [9.17, 15) is 4.57 Å². The smallest absolute Gasteiger partial charge is 0.303 e. The van der Waals surface area contributed by atoms with E-state index in [-0.39, 0.29) is 26.1 Å². The van der Waals surface area contributed by atoms with E-state index in [1.165, 1.54) is 6.92 Å². The fraction of sp³-hybridized carbons (Fsp3) is 1.00. The normalized spacial score (nSPS) is 10.4. The Kier molecular flexibility index (Phi) is 6.62. The minimum Gasteiger partial charge on any atom is -0.303 e. The summed E-state index contributed by atoms with van der Waals surface area (Å²) in [5, 5.41) is 0. The fourth-order valence-electron chi connectivity index (χ4n) is 0.168. The van der Waals surface area contributed by atoms with Crippen molar-refractivity contribution < 1.29 is 38.4 Å². The van der Waals surface area contributed by atoms with Crippen LogP contribution >= 0.6 is 7.82 Å². The Morgan fingerprint density at radius 3 is 2.00 bits per heavy atom. The summed E-state index contributed by atoms with van der Waals surface area (Å²) in [6.07, 6.45) is 0. The molecule has 0 rings (SSSR count). The Hall–Kier alpha value is 0.733. The fourth-order valence-corrected chi connectivity index (χ4v) is 0.505. The predicted octanol–water partition coefficient (Wildman–Crippen LogP) is 0.113. The molecule has 0 aromatic heterocycles. The molecule has 0 aliphatic heterocycles. The van der Waals surface area contributed by atoms with Crippen LogP contribution in [-0.4, -0.2) is 16.4 Å². The zero-order valence-corrected chi connectivity index (χ0v) is 8.43. The van der Waals surface area contributed by atoms with Crippen LogP contribution in [0, 0.1) is 0 Å². The van der Waals surface area contributed by atoms with E-state index in [0.29, 0.717) is 0 Å². The van der Waals surface area contributed by atoms with E-state index in [1.54, 1.807) is 0 Å². The van der Waals surface area contributed by atoms with Crippen molar-refractivity contribution in [3.05, 3.63) is 0 Å². The van der Waals surface area contributed by atoms with Gasteiger partial charge >= 0.3 is 7.82 Å². The largest absolute Gasteiger partial charge is 0.469 e. The SMILES string of the molecule is CCOP(=O)(O)O.[Zn]. The summed E-state index contributed by atoms with van der Waals surface area (Å²) in [6.45, 7) is 1.56. The summed E-state index contributed by atoms with van der Waals surface area (Å²) in [5.74, 6) is 0. The molecule has 46 valence electrons. The molecule has 0 bridgehead atoms. The van der Waals surface area contributed by atoms with Crippen molar-refractivity contribution in [3.8, 4) is 0 Å². The Balaban J connectivity index is 0. The van der Waals surface area contributed by atoms with Gasteiger partial charge in [-0.15, -0.1) is 0 Å². The Morgan fingerprint density at radius 1 is 1.62 bits per heavy atom. The maximum absolute atomic E-state index is 9.70. The first-order chi connectivity index (χ1) is 3.06. The molecule has 4 nitrogen and oxygen atoms in total. The van der Waals surface area contributed by atoms with Gasteiger partial charge in [-0.25, -0.2) is 4.57 Å². The van der Waals surface area contributed by atoms with Crippen molar-refractivity contribution in [2.24, 2.45) is 0 Å². The Morgan fingerprint density at radius 2 is 2.00 bits per heavy atom. The topological polar surface area (TPSA) is 66.8 Å². The first-order valence-electron chi connectivity index (χ1n) is 1.76. The minimum absolute atomic E-state index is 0. The van der Waals surface area contributed by atoms with Gasteiger partial charge in [0.15, 0.2) is 0 Å². The molecular formula is C2H7O4PZn. The standard InChI is InChI=1S/C2H7O4P.Zn/c1-2-6-7(3,4)5;/h2H2,1H3,(H2,3,4,5);. The second-order valence-corrected chi connectivity index (χ2v) is 2.15. The van der Waals surface area contributed by atoms with Gasteiger partial charge in [-0.1, -0.05) is 0 Å². The molecule has 0 unspecified atom stereocenters. The Bertz CT molecular complexity index is 88.0. The van der Waals surface area contributed by atoms with Gasteiger partial charge in [0.1, 0.15) is 0 Å². The molecule has 0 aromatic rings. The van der Waals surface area contributed by atoms with E-state index >= 15 is 0 Å². The van der Waals surface area contributed by atoms with Crippen molar-refractivity contribution in [3.63, 3.8) is 0 Å². The molecule has 0 saturated heterocycles. The number of hydrogen-bond acceptors (Lipinski definition) is 2. The monoisotopic (exact) mass is 190 g/mol. The summed E-state index contributed by atoms with van der Waals surface area (Å²) in [5.41, 5.74) is 0. The van der Waals surface area contributed by atoms with E-state index in [2.05, 4.69) is 4.52 Å². The van der Waals surface area contributed by atoms with E-state index < -0.39 is 7.82 Å². The molecule has 0 aromatic carbocycles. The third kappa shape index (κ3) is 9.88. The van der Waals surface area contributed by atoms with E-state index in [1.807, 2.05) is 0 Å². The summed E-state index contributed by atoms with van der Waals surface area (Å²) in [7, 11) is -4.17. The summed E-state index contributed by atoms with van der Waals surface area (Å²) in [4.78, 5) is 15.8. The second-order valence-electron chi connectivity index (χ2n) is 0.908. The van der Waals surface area contributed by atoms with Crippen LogP contribution in [0.5, 0.6) is 0 Å². The quantitative estimate of drug-likeness (QED) is 0.480. The maximum Gasteiger partial charge on any atom is 0.469 e. The number of phosphoric ester groups is 1. The van der Waals surface area contributed by atoms with Crippen LogP contribution in [0.2, 0.25) is 0 Å². The van der Waals surface area contributed by atoms with Crippen LogP contribution in [0.3, 0.4) is 0 Å². The molecular weight excluding hydrogens is 184 g/mol. The van der Waals surface area contributed by atoms with Gasteiger partial charge in [-0.05, 0) is 6.92 Å². The molecule has 0 fully saturated rings. The molecule has 6 heteroatoms. The molecule has 2 N–H and O–H groups in total. The molecule has 0 amide bonds. The van der Waals surface area contributed by atoms with Crippen LogP contribution in [0.25, 0.3) is 0 Å². The van der Waals surface area contributed by atoms with Crippen molar-refractivity contribution in [2.45, 2.75) is 6.92 Å². The summed E-state index contributed by atoms with van der Waals surface area (Å²) in [6, 6.07) is 0. The number of rotatable bonds is 2. The van der Waals surface area contributed by atoms with Crippen molar-refractivity contribution >= 4 is 7.82 Å². The molecule has 0 spiro atoms. The number of hydrogen-bond donors (Lipinski definition) is 2. The average Bonchev–Trinajstić information content (AvgIpc) is 1.30. The zero-order chi connectivity index (χ0) is 5.91. The van der Waals surface area contributed by atoms with Crippen molar-refractivity contribution in [1.29, 1.82) is 0 Å². The van der Waals surface area contributed by atoms with Gasteiger partial charge in [0, 0.05) is 19.5 Å². The third-order valence-electron chi connectivity index (χ3n) is 0.297. The Labute approximate surface area is 60.2 Å². The molecule has 0 saturated carbocycles. The van der Waals surface area contributed by atoms with Gasteiger partial charge in [-0.3, -0.25) is 4.52 Å². The third-order valence-corrected chi connectivity index (χ3v) is 0.892. The molecule has 8 heavy (non-hydrogen) atoms. The van der Waals surface area contributed by atoms with Gasteiger partial charge in [0.05, 0.1) is 6.61 Å². The maximum atomic E-state index is 9.70. The average molecular weight is 191 g/mol. The van der Waals surface area contributed by atoms with Crippen LogP contribution in [0.1, 0.15) is 6.92 Å². The molecule has 0 aliphatic rings. The van der Waals surface area contributed by atoms with Gasteiger partial charge in [0.2, 0.25) is 0 Å². The van der Waals surface area contributed by atoms with Crippen LogP contribution in [-0.2, 0) is 28.6 Å². The van der Waals surface area contributed by atoms with Crippen molar-refractivity contribution in [2.75, 3.05) is 6.61 Å². The molecule has 0 radical (unpaired) electrons. The van der Waals surface area contributed by atoms with E-state index in [4.69, 9.17) is 9.79 Å². The van der Waals surface area contributed by atoms with E-state index in [0.717, 1.165) is 0 Å². The van der Waals surface area contributed by atoms with Gasteiger partial charge in [0.25, 0.3) is 0 Å². The predicted molar refractivity (Wildman–Crippen MR) is 23.7 cm³/mol. The van der Waals surface area contributed by atoms with Crippen LogP contribution in [0.4, 0.5) is 0 Å². The van der Waals surface area contributed by atoms with Gasteiger partial charge < -0.3 is 9.79 Å². The minimum atomic E-state index is -4.17. The zero-order valence-electron chi connectivity index (χ0n) is 4.57. The number of phosphoric acid groups is 1. The van der Waals surface area contributed by atoms with Crippen molar-refractivity contribution in [1.82, 2.24) is 0 Å². The molecule has 0 aliphatic carbocycles. The summed E-state index contributed by atoms with van der Waals surface area (Å²) < 4.78 is 13.6. The molecule has 0 atom stereocenters. The molecule has 0 heterocycles.